The summed E-state index contributed by atoms with van der Waals surface area (Å²) in [7, 11) is 1.45. The largest absolute Gasteiger partial charge is 0.481 e. The minimum absolute atomic E-state index is 0.0231. The Morgan fingerprint density at radius 1 is 1.40 bits per heavy atom. The van der Waals surface area contributed by atoms with Crippen molar-refractivity contribution in [2.45, 2.75) is 32.1 Å². The molecule has 0 rings (SSSR count). The zero-order valence-electron chi connectivity index (χ0n) is 8.71. The summed E-state index contributed by atoms with van der Waals surface area (Å²) in [6.07, 6.45) is -0.840. The Bertz CT molecular complexity index is 194. The Morgan fingerprint density at radius 3 is 2.00 bits per heavy atom. The van der Waals surface area contributed by atoms with Crippen molar-refractivity contribution < 1.29 is 29.6 Å². The first-order valence-corrected chi connectivity index (χ1v) is 4.22. The summed E-state index contributed by atoms with van der Waals surface area (Å²) in [4.78, 5) is 19.9. The predicted octanol–water partition coefficient (Wildman–Crippen LogP) is -0.766. The molecule has 0 radical (unpaired) electrons. The van der Waals surface area contributed by atoms with E-state index in [9.17, 15) is 9.59 Å². The van der Waals surface area contributed by atoms with Crippen LogP contribution in [0.3, 0.4) is 0 Å². The van der Waals surface area contributed by atoms with Crippen molar-refractivity contribution >= 4 is 11.9 Å². The number of ether oxygens (including phenoxy) is 1. The van der Waals surface area contributed by atoms with E-state index in [0.717, 1.165) is 0 Å². The highest BCUT2D eigenvalue weighted by atomic mass is 16.6. The average Bonchev–Trinajstić information content (AvgIpc) is 2.14. The monoisotopic (exact) mass is 223 g/mol. The van der Waals surface area contributed by atoms with Crippen LogP contribution in [0.2, 0.25) is 0 Å². The van der Waals surface area contributed by atoms with Gasteiger partial charge in [0.2, 0.25) is 0 Å². The number of carboxylic acid groups (broad SMARTS) is 2. The van der Waals surface area contributed by atoms with Gasteiger partial charge in [-0.15, -0.1) is 0 Å². The molecular weight excluding hydrogens is 206 g/mol. The van der Waals surface area contributed by atoms with Gasteiger partial charge in [0.1, 0.15) is 6.04 Å². The molecule has 0 saturated carbocycles. The van der Waals surface area contributed by atoms with Crippen molar-refractivity contribution in [2.75, 3.05) is 7.11 Å². The Labute approximate surface area is 87.5 Å². The van der Waals surface area contributed by atoms with Gasteiger partial charge in [-0.2, -0.15) is 0 Å². The Kier molecular flexibility index (Phi) is 10.2. The number of carboxylic acids is 2. The van der Waals surface area contributed by atoms with E-state index in [0.29, 0.717) is 0 Å². The molecule has 0 aliphatic rings. The van der Waals surface area contributed by atoms with Crippen LogP contribution in [0.15, 0.2) is 0 Å². The number of carbonyl (C=O) groups is 2. The van der Waals surface area contributed by atoms with Crippen LogP contribution in [-0.2, 0) is 14.3 Å². The number of hydrogen-bond donors (Lipinski definition) is 4. The molecule has 0 saturated heterocycles. The lowest BCUT2D eigenvalue weighted by molar-refractivity contribution is -0.139. The van der Waals surface area contributed by atoms with Gasteiger partial charge in [0, 0.05) is 13.5 Å². The number of aliphatic hydroxyl groups is 1. The van der Waals surface area contributed by atoms with Gasteiger partial charge in [0.05, 0.1) is 0 Å². The highest BCUT2D eigenvalue weighted by Gasteiger charge is 2.12. The minimum atomic E-state index is -1.17. The summed E-state index contributed by atoms with van der Waals surface area (Å²) in [6.45, 7) is 1.56. The summed E-state index contributed by atoms with van der Waals surface area (Å²) in [6, 6.07) is -1.06. The maximum absolute atomic E-state index is 9.99. The first kappa shape index (κ1) is 16.3. The standard InChI is InChI=1S/C5H9NO4.C3H8O2/c6-3(5(9)10)1-2-4(7)8;1-3(4)5-2/h3H,1-2,6H2,(H,7,8)(H,9,10);3-4H,1-2H3/t3-;/m0./s1. The molecule has 0 fully saturated rings. The number of methoxy groups -OCH3 is 1. The second kappa shape index (κ2) is 9.38. The van der Waals surface area contributed by atoms with Gasteiger partial charge in [-0.1, -0.05) is 0 Å². The van der Waals surface area contributed by atoms with Gasteiger partial charge in [0.15, 0.2) is 6.29 Å². The van der Waals surface area contributed by atoms with Gasteiger partial charge in [0.25, 0.3) is 0 Å². The molecule has 0 aliphatic heterocycles. The summed E-state index contributed by atoms with van der Waals surface area (Å²) < 4.78 is 4.31. The fourth-order valence-electron chi connectivity index (χ4n) is 0.402. The van der Waals surface area contributed by atoms with Gasteiger partial charge in [-0.3, -0.25) is 9.59 Å². The molecule has 0 amide bonds. The number of aliphatic hydroxyl groups excluding tert-OH is 1. The molecule has 0 aromatic carbocycles. The van der Waals surface area contributed by atoms with E-state index in [1.165, 1.54) is 7.11 Å². The summed E-state index contributed by atoms with van der Waals surface area (Å²) in [5.74, 6) is -2.20. The van der Waals surface area contributed by atoms with Gasteiger partial charge >= 0.3 is 11.9 Å². The SMILES string of the molecule is COC(C)O.N[C@@H](CCC(=O)O)C(=O)O. The lowest BCUT2D eigenvalue weighted by atomic mass is 10.2. The van der Waals surface area contributed by atoms with Crippen LogP contribution >= 0.6 is 0 Å². The summed E-state index contributed by atoms with van der Waals surface area (Å²) in [5.41, 5.74) is 5.00. The van der Waals surface area contributed by atoms with Crippen LogP contribution in [0.25, 0.3) is 0 Å². The molecule has 1 unspecified atom stereocenters. The van der Waals surface area contributed by atoms with E-state index >= 15 is 0 Å². The third kappa shape index (κ3) is 15.6. The zero-order chi connectivity index (χ0) is 12.4. The van der Waals surface area contributed by atoms with E-state index in [4.69, 9.17) is 21.1 Å². The van der Waals surface area contributed by atoms with Crippen molar-refractivity contribution in [3.63, 3.8) is 0 Å². The molecule has 7 heteroatoms. The van der Waals surface area contributed by atoms with Crippen molar-refractivity contribution in [3.05, 3.63) is 0 Å². The lowest BCUT2D eigenvalue weighted by Crippen LogP contribution is -2.30. The molecule has 90 valence electrons. The Morgan fingerprint density at radius 2 is 1.80 bits per heavy atom. The third-order valence-electron chi connectivity index (χ3n) is 1.33. The van der Waals surface area contributed by atoms with Crippen molar-refractivity contribution in [2.24, 2.45) is 5.73 Å². The van der Waals surface area contributed by atoms with E-state index < -0.39 is 24.3 Å². The zero-order valence-corrected chi connectivity index (χ0v) is 8.71. The Balaban J connectivity index is 0. The fourth-order valence-corrected chi connectivity index (χ4v) is 0.402. The molecule has 7 nitrogen and oxygen atoms in total. The molecule has 0 aromatic heterocycles. The number of rotatable bonds is 5. The molecule has 0 aliphatic carbocycles. The van der Waals surface area contributed by atoms with Crippen LogP contribution in [0.1, 0.15) is 19.8 Å². The smallest absolute Gasteiger partial charge is 0.320 e. The van der Waals surface area contributed by atoms with Crippen molar-refractivity contribution in [1.82, 2.24) is 0 Å². The molecule has 0 aromatic rings. The molecule has 0 heterocycles. The van der Waals surface area contributed by atoms with E-state index in [1.54, 1.807) is 6.92 Å². The Hall–Kier alpha value is -1.18. The highest BCUT2D eigenvalue weighted by Crippen LogP contribution is 1.93. The van der Waals surface area contributed by atoms with Crippen LogP contribution in [0.5, 0.6) is 0 Å². The number of hydrogen-bond acceptors (Lipinski definition) is 5. The molecule has 2 atom stereocenters. The third-order valence-corrected chi connectivity index (χ3v) is 1.33. The second-order valence-electron chi connectivity index (χ2n) is 2.71. The molecular formula is C8H17NO6. The first-order valence-electron chi connectivity index (χ1n) is 4.22. The maximum atomic E-state index is 9.99. The van der Waals surface area contributed by atoms with Crippen LogP contribution in [-0.4, -0.2) is 46.7 Å². The molecule has 0 bridgehead atoms. The summed E-state index contributed by atoms with van der Waals surface area (Å²) >= 11 is 0. The quantitative estimate of drug-likeness (QED) is 0.450. The molecule has 15 heavy (non-hydrogen) atoms. The van der Waals surface area contributed by atoms with Crippen LogP contribution in [0.4, 0.5) is 0 Å². The van der Waals surface area contributed by atoms with Gasteiger partial charge < -0.3 is 25.8 Å². The average molecular weight is 223 g/mol. The van der Waals surface area contributed by atoms with Crippen LogP contribution < -0.4 is 5.73 Å². The van der Waals surface area contributed by atoms with Gasteiger partial charge in [-0.25, -0.2) is 0 Å². The minimum Gasteiger partial charge on any atom is -0.481 e. The van der Waals surface area contributed by atoms with Crippen molar-refractivity contribution in [1.29, 1.82) is 0 Å². The fraction of sp³-hybridized carbons (Fsp3) is 0.750. The van der Waals surface area contributed by atoms with E-state index in [-0.39, 0.29) is 12.8 Å². The lowest BCUT2D eigenvalue weighted by Gasteiger charge is -2.01. The topological polar surface area (TPSA) is 130 Å². The summed E-state index contributed by atoms with van der Waals surface area (Å²) in [5, 5.41) is 24.4. The molecule has 5 N–H and O–H groups in total. The predicted molar refractivity (Wildman–Crippen MR) is 51.2 cm³/mol. The van der Waals surface area contributed by atoms with Crippen molar-refractivity contribution in [3.8, 4) is 0 Å². The number of nitrogens with two attached hydrogens (primary N) is 1. The first-order chi connectivity index (χ1) is 6.81. The van der Waals surface area contributed by atoms with E-state index in [2.05, 4.69) is 4.74 Å². The van der Waals surface area contributed by atoms with Crippen LogP contribution in [0, 0.1) is 0 Å². The molecule has 0 spiro atoms. The normalized spacial score (nSPS) is 13.3. The highest BCUT2D eigenvalue weighted by molar-refractivity contribution is 5.74. The van der Waals surface area contributed by atoms with Gasteiger partial charge in [-0.05, 0) is 13.3 Å². The second-order valence-corrected chi connectivity index (χ2v) is 2.71. The maximum Gasteiger partial charge on any atom is 0.320 e. The number of aliphatic carboxylic acids is 2. The van der Waals surface area contributed by atoms with E-state index in [1.807, 2.05) is 0 Å².